The number of amides is 3. The van der Waals surface area contributed by atoms with E-state index in [0.29, 0.717) is 19.4 Å². The van der Waals surface area contributed by atoms with Crippen LogP contribution in [0.25, 0.3) is 0 Å². The predicted octanol–water partition coefficient (Wildman–Crippen LogP) is 2.58. The number of urea groups is 1. The molecule has 1 N–H and O–H groups in total. The summed E-state index contributed by atoms with van der Waals surface area (Å²) in [5.41, 5.74) is -0.309. The zero-order chi connectivity index (χ0) is 22.1. The highest BCUT2D eigenvalue weighted by Crippen LogP contribution is 2.35. The van der Waals surface area contributed by atoms with E-state index in [9.17, 15) is 18.0 Å². The fourth-order valence-corrected chi connectivity index (χ4v) is 6.34. The lowest BCUT2D eigenvalue weighted by Gasteiger charge is -2.33. The Hall–Kier alpha value is -1.93. The molecule has 0 radical (unpaired) electrons. The number of imide groups is 1. The van der Waals surface area contributed by atoms with Crippen LogP contribution in [0.15, 0.2) is 30.3 Å². The van der Waals surface area contributed by atoms with E-state index in [2.05, 4.69) is 19.2 Å². The average molecular weight is 436 g/mol. The first-order valence-electron chi connectivity index (χ1n) is 10.7. The molecule has 0 bridgehead atoms. The molecule has 2 saturated heterocycles. The Balaban J connectivity index is 1.89. The van der Waals surface area contributed by atoms with Crippen LogP contribution in [0.1, 0.15) is 46.1 Å². The van der Waals surface area contributed by atoms with Crippen LogP contribution in [0.5, 0.6) is 0 Å². The standard InChI is InChI=1S/C22H33N3O4S/c1-16(2)12-22(18-8-6-5-7-9-18)20(26)25(21(27)23-22)15-24(13-17(3)4)19-10-11-30(28,29)14-19/h5-9,16-17,19H,10-15H2,1-4H3,(H,23,27). The Labute approximate surface area is 179 Å². The number of sulfone groups is 1. The Morgan fingerprint density at radius 1 is 1.13 bits per heavy atom. The minimum Gasteiger partial charge on any atom is -0.319 e. The third-order valence-corrected chi connectivity index (χ3v) is 7.55. The van der Waals surface area contributed by atoms with Crippen molar-refractivity contribution in [1.82, 2.24) is 15.1 Å². The van der Waals surface area contributed by atoms with E-state index in [-0.39, 0.29) is 42.0 Å². The number of rotatable bonds is 8. The molecule has 30 heavy (non-hydrogen) atoms. The first-order chi connectivity index (χ1) is 14.0. The van der Waals surface area contributed by atoms with E-state index in [1.54, 1.807) is 0 Å². The van der Waals surface area contributed by atoms with Crippen molar-refractivity contribution >= 4 is 21.8 Å². The van der Waals surface area contributed by atoms with E-state index < -0.39 is 21.4 Å². The molecule has 1 aromatic carbocycles. The zero-order valence-corrected chi connectivity index (χ0v) is 19.1. The third kappa shape index (κ3) is 4.70. The quantitative estimate of drug-likeness (QED) is 0.634. The summed E-state index contributed by atoms with van der Waals surface area (Å²) in [5, 5.41) is 2.97. The molecule has 1 aromatic rings. The first kappa shape index (κ1) is 22.7. The maximum absolute atomic E-state index is 13.6. The summed E-state index contributed by atoms with van der Waals surface area (Å²) in [6.45, 7) is 8.89. The molecule has 8 heteroatoms. The van der Waals surface area contributed by atoms with Crippen LogP contribution in [0.2, 0.25) is 0 Å². The molecule has 3 amide bonds. The van der Waals surface area contributed by atoms with Crippen molar-refractivity contribution in [2.24, 2.45) is 11.8 Å². The van der Waals surface area contributed by atoms with Gasteiger partial charge in [-0.25, -0.2) is 18.1 Å². The van der Waals surface area contributed by atoms with E-state index in [1.807, 2.05) is 49.1 Å². The Kier molecular flexibility index (Phi) is 6.57. The van der Waals surface area contributed by atoms with Gasteiger partial charge < -0.3 is 5.32 Å². The lowest BCUT2D eigenvalue weighted by Crippen LogP contribution is -2.49. The summed E-state index contributed by atoms with van der Waals surface area (Å²) in [6.07, 6.45) is 1.04. The lowest BCUT2D eigenvalue weighted by atomic mass is 9.82. The van der Waals surface area contributed by atoms with E-state index in [1.165, 1.54) is 4.90 Å². The highest BCUT2D eigenvalue weighted by molar-refractivity contribution is 7.91. The molecule has 2 aliphatic rings. The number of benzene rings is 1. The average Bonchev–Trinajstić information content (AvgIpc) is 3.13. The van der Waals surface area contributed by atoms with Gasteiger partial charge >= 0.3 is 6.03 Å². The van der Waals surface area contributed by atoms with Crippen molar-refractivity contribution < 1.29 is 18.0 Å². The monoisotopic (exact) mass is 435 g/mol. The second-order valence-electron chi connectivity index (χ2n) is 9.40. The van der Waals surface area contributed by atoms with E-state index in [0.717, 1.165) is 5.56 Å². The second kappa shape index (κ2) is 8.67. The Bertz CT molecular complexity index is 885. The van der Waals surface area contributed by atoms with Gasteiger partial charge in [0.1, 0.15) is 5.54 Å². The molecule has 166 valence electrons. The highest BCUT2D eigenvalue weighted by Gasteiger charge is 2.53. The summed E-state index contributed by atoms with van der Waals surface area (Å²) in [5.74, 6) is 0.458. The largest absolute Gasteiger partial charge is 0.326 e. The molecule has 0 aromatic heterocycles. The van der Waals surface area contributed by atoms with Gasteiger partial charge in [0.15, 0.2) is 9.84 Å². The molecular weight excluding hydrogens is 402 g/mol. The second-order valence-corrected chi connectivity index (χ2v) is 11.6. The fraction of sp³-hybridized carbons (Fsp3) is 0.636. The molecule has 2 fully saturated rings. The van der Waals surface area contributed by atoms with Gasteiger partial charge in [0.05, 0.1) is 18.2 Å². The molecule has 0 saturated carbocycles. The minimum absolute atomic E-state index is 0.0825. The molecule has 2 aliphatic heterocycles. The van der Waals surface area contributed by atoms with Crippen molar-refractivity contribution in [2.45, 2.75) is 52.1 Å². The number of hydrogen-bond donors (Lipinski definition) is 1. The van der Waals surface area contributed by atoms with Crippen LogP contribution in [0.4, 0.5) is 4.79 Å². The van der Waals surface area contributed by atoms with Gasteiger partial charge in [0, 0.05) is 12.6 Å². The van der Waals surface area contributed by atoms with Gasteiger partial charge in [0.2, 0.25) is 0 Å². The summed E-state index contributed by atoms with van der Waals surface area (Å²) in [7, 11) is -3.06. The van der Waals surface area contributed by atoms with Crippen molar-refractivity contribution in [3.8, 4) is 0 Å². The van der Waals surface area contributed by atoms with Crippen LogP contribution in [-0.2, 0) is 20.2 Å². The van der Waals surface area contributed by atoms with E-state index >= 15 is 0 Å². The molecule has 0 spiro atoms. The third-order valence-electron chi connectivity index (χ3n) is 5.80. The van der Waals surface area contributed by atoms with Crippen LogP contribution in [0.3, 0.4) is 0 Å². The highest BCUT2D eigenvalue weighted by atomic mass is 32.2. The summed E-state index contributed by atoms with van der Waals surface area (Å²) in [4.78, 5) is 29.9. The van der Waals surface area contributed by atoms with Crippen LogP contribution in [0, 0.1) is 11.8 Å². The summed E-state index contributed by atoms with van der Waals surface area (Å²) >= 11 is 0. The normalized spacial score (nSPS) is 26.2. The van der Waals surface area contributed by atoms with Gasteiger partial charge in [-0.15, -0.1) is 0 Å². The summed E-state index contributed by atoms with van der Waals surface area (Å²) < 4.78 is 24.0. The van der Waals surface area contributed by atoms with Gasteiger partial charge in [-0.05, 0) is 30.2 Å². The number of nitrogens with zero attached hydrogens (tertiary/aromatic N) is 2. The minimum atomic E-state index is -3.06. The Morgan fingerprint density at radius 3 is 2.33 bits per heavy atom. The topological polar surface area (TPSA) is 86.8 Å². The molecule has 3 rings (SSSR count). The molecule has 0 aliphatic carbocycles. The predicted molar refractivity (Wildman–Crippen MR) is 116 cm³/mol. The van der Waals surface area contributed by atoms with Crippen molar-refractivity contribution in [3.63, 3.8) is 0 Å². The zero-order valence-electron chi connectivity index (χ0n) is 18.3. The number of nitrogens with one attached hydrogen (secondary N) is 1. The van der Waals surface area contributed by atoms with Gasteiger partial charge in [0.25, 0.3) is 5.91 Å². The molecular formula is C22H33N3O4S. The van der Waals surface area contributed by atoms with Crippen LogP contribution >= 0.6 is 0 Å². The smallest absolute Gasteiger partial charge is 0.319 e. The summed E-state index contributed by atoms with van der Waals surface area (Å²) in [6, 6.07) is 8.78. The van der Waals surface area contributed by atoms with Crippen LogP contribution in [-0.4, -0.2) is 60.9 Å². The number of carbonyl (C=O) groups is 2. The lowest BCUT2D eigenvalue weighted by molar-refractivity contribution is -0.134. The van der Waals surface area contributed by atoms with Crippen LogP contribution < -0.4 is 5.32 Å². The maximum Gasteiger partial charge on any atom is 0.326 e. The number of carbonyl (C=O) groups excluding carboxylic acids is 2. The van der Waals surface area contributed by atoms with Crippen molar-refractivity contribution in [2.75, 3.05) is 24.7 Å². The Morgan fingerprint density at radius 2 is 1.80 bits per heavy atom. The van der Waals surface area contributed by atoms with Gasteiger partial charge in [-0.1, -0.05) is 58.0 Å². The first-order valence-corrected chi connectivity index (χ1v) is 12.5. The SMILES string of the molecule is CC(C)CN(CN1C(=O)NC(CC(C)C)(c2ccccc2)C1=O)C1CCS(=O)(=O)C1. The number of hydrogen-bond acceptors (Lipinski definition) is 5. The molecule has 2 heterocycles. The molecule has 7 nitrogen and oxygen atoms in total. The van der Waals surface area contributed by atoms with Crippen molar-refractivity contribution in [3.05, 3.63) is 35.9 Å². The van der Waals surface area contributed by atoms with Gasteiger partial charge in [-0.3, -0.25) is 9.69 Å². The maximum atomic E-state index is 13.6. The molecule has 2 unspecified atom stereocenters. The van der Waals surface area contributed by atoms with Gasteiger partial charge in [-0.2, -0.15) is 0 Å². The van der Waals surface area contributed by atoms with E-state index in [4.69, 9.17) is 0 Å². The fourth-order valence-electron chi connectivity index (χ4n) is 4.58. The molecule has 2 atom stereocenters. The van der Waals surface area contributed by atoms with Crippen molar-refractivity contribution in [1.29, 1.82) is 0 Å².